The molecule has 9 saturated heterocycles. The standard InChI is InChI=1S/C18H26ClNO3.C17H25ClN2O3.2C15H21ClO3.C15H19ClO3.C14H19ClO4.C10H10BrClO2/c1-13(11-20-7-2-3-8-20)18(21)14-4-5-17(16(19)10-14)23-15-6-9-22-12-15;18-14-9-12(3-4-16(14)23-13-5-8-22-11-13)17(21)15(19)10-20-6-1-2-7-20;3*1-3-10(2)15(17)11-4-5-14(13(16)8-11)19-12-6-7-18-9-12;1-9(7-16)14(17)10-2-3-13(12(15)6-10)19-11-4-5-18-8-11;11-7-1-2-10(9(12)5-7)14-8-3-4-13-6-8/h4-5,10,13,15,18,21H,2-3,6-9,11-12H2,1H3;3-4,9,13,15,17,21H,1-2,5-8,10-11,19H2;2*4-5,8,10,12,15,17H,3,6-7,9H2,1-2H3;4-5,8,10,12H,3,6-7,9H2,1-2H3;2-3,6,9,11,14,16-17H,4-5,7-8H2,1H3;1-2,5,8H,3-4,6H2/t13-,15?,18?;13?,15-,17?;2*10-,12?,15?;10-,12?;9-,11?,14?;/m111111./s1. The molecule has 32 heteroatoms. The number of benzene rings is 7. The second-order valence-electron chi connectivity index (χ2n) is 36.4. The molecule has 18 atom stereocenters. The van der Waals surface area contributed by atoms with Crippen LogP contribution in [-0.4, -0.2) is 233 Å². The van der Waals surface area contributed by atoms with Gasteiger partial charge in [-0.3, -0.25) is 4.79 Å². The van der Waals surface area contributed by atoms with Crippen molar-refractivity contribution in [2.24, 2.45) is 35.3 Å². The summed E-state index contributed by atoms with van der Waals surface area (Å²) < 4.78 is 78.3. The molecular formula is C104H141BrCl7N3O21. The number of nitrogens with zero attached hydrogens (tertiary/aromatic N) is 2. The van der Waals surface area contributed by atoms with Crippen LogP contribution in [0.4, 0.5) is 0 Å². The largest absolute Gasteiger partial charge is 0.486 e. The van der Waals surface area contributed by atoms with Gasteiger partial charge in [0.15, 0.2) is 5.78 Å². The predicted octanol–water partition coefficient (Wildman–Crippen LogP) is 21.6. The molecule has 7 aromatic rings. The summed E-state index contributed by atoms with van der Waals surface area (Å²) >= 11 is 46.8. The zero-order valence-corrected chi connectivity index (χ0v) is 86.4. The Balaban J connectivity index is 0.000000165. The minimum absolute atomic E-state index is 0.0195. The van der Waals surface area contributed by atoms with Crippen LogP contribution in [0.1, 0.15) is 214 Å². The Morgan fingerprint density at radius 2 is 0.603 bits per heavy atom. The molecule has 9 aliphatic heterocycles. The van der Waals surface area contributed by atoms with E-state index in [0.29, 0.717) is 140 Å². The van der Waals surface area contributed by atoms with Gasteiger partial charge in [-0.05, 0) is 201 Å². The molecule has 9 fully saturated rings. The lowest BCUT2D eigenvalue weighted by atomic mass is 9.95. The highest BCUT2D eigenvalue weighted by Crippen LogP contribution is 2.40. The maximum atomic E-state index is 12.1. The van der Waals surface area contributed by atoms with Gasteiger partial charge in [0.05, 0.1) is 158 Å². The smallest absolute Gasteiger partial charge is 0.165 e. The van der Waals surface area contributed by atoms with Crippen LogP contribution < -0.4 is 38.9 Å². The summed E-state index contributed by atoms with van der Waals surface area (Å²) in [6.07, 6.45) is 11.5. The molecular weight excluding hydrogens is 1960 g/mol. The van der Waals surface area contributed by atoms with Gasteiger partial charge in [-0.2, -0.15) is 0 Å². The van der Waals surface area contributed by atoms with E-state index < -0.39 is 30.5 Å². The topological polar surface area (TPSA) is 300 Å². The average molecular weight is 2100 g/mol. The van der Waals surface area contributed by atoms with Crippen molar-refractivity contribution in [2.45, 2.75) is 225 Å². The summed E-state index contributed by atoms with van der Waals surface area (Å²) in [7, 11) is 0. The van der Waals surface area contributed by atoms with Crippen molar-refractivity contribution in [1.82, 2.24) is 9.80 Å². The number of nitrogens with two attached hydrogens (primary N) is 1. The molecule has 0 aliphatic carbocycles. The van der Waals surface area contributed by atoms with Crippen LogP contribution >= 0.6 is 97.1 Å². The molecule has 0 bridgehead atoms. The maximum absolute atomic E-state index is 12.1. The van der Waals surface area contributed by atoms with E-state index in [1.807, 2.05) is 100 Å². The molecule has 16 rings (SSSR count). The van der Waals surface area contributed by atoms with E-state index in [9.17, 15) is 30.3 Å². The number of carbonyl (C=O) groups excluding carboxylic acids is 1. The SMILES string of the molecule is CC[C@@H](C)C(=O)c1ccc(OC2CCOC2)c(Cl)c1.CC[C@@H](C)C(O)c1ccc(OC2CCOC2)c(Cl)c1.CC[C@@H](C)C(O)c1ccc(OC2CCOC2)c(Cl)c1.C[C@H](CN1CCCC1)C(O)c1ccc(OC2CCOC2)c(Cl)c1.C[C@H](CO)C(O)c1ccc(OC2CCOC2)c(Cl)c1.Clc1cc(Br)ccc1OC1CCOC1.N[C@H](CN1CCCC1)C(O)c1ccc(OC2CCOC2)c(Cl)c1. The van der Waals surface area contributed by atoms with Crippen LogP contribution in [0.25, 0.3) is 0 Å². The number of halogens is 8. The minimum atomic E-state index is -0.730. The molecule has 9 heterocycles. The van der Waals surface area contributed by atoms with Crippen LogP contribution in [0.5, 0.6) is 40.2 Å². The lowest BCUT2D eigenvalue weighted by molar-refractivity contribution is 0.0769. The van der Waals surface area contributed by atoms with E-state index in [1.54, 1.807) is 61.5 Å². The monoisotopic (exact) mass is 2090 g/mol. The van der Waals surface area contributed by atoms with Gasteiger partial charge in [0.1, 0.15) is 83.0 Å². The number of hydrogen-bond donors (Lipinski definition) is 7. The Labute approximate surface area is 847 Å². The Kier molecular flexibility index (Phi) is 48.9. The Morgan fingerprint density at radius 1 is 0.353 bits per heavy atom. The van der Waals surface area contributed by atoms with E-state index in [2.05, 4.69) is 46.5 Å². The number of carbonyl (C=O) groups is 1. The molecule has 0 amide bonds. The fourth-order valence-corrected chi connectivity index (χ4v) is 18.3. The van der Waals surface area contributed by atoms with Gasteiger partial charge in [0, 0.05) is 92.6 Å². The highest BCUT2D eigenvalue weighted by Gasteiger charge is 2.31. The molecule has 0 saturated carbocycles. The van der Waals surface area contributed by atoms with Crippen molar-refractivity contribution in [3.8, 4) is 40.2 Å². The average Bonchev–Trinajstić information content (AvgIpc) is 1.47. The molecule has 0 spiro atoms. The van der Waals surface area contributed by atoms with Crippen LogP contribution in [0.3, 0.4) is 0 Å². The lowest BCUT2D eigenvalue weighted by Gasteiger charge is -2.25. The van der Waals surface area contributed by atoms with Gasteiger partial charge in [-0.1, -0.05) is 196 Å². The van der Waals surface area contributed by atoms with Gasteiger partial charge in [-0.25, -0.2) is 0 Å². The summed E-state index contributed by atoms with van der Waals surface area (Å²) in [5, 5.41) is 64.2. The second kappa shape index (κ2) is 59.1. The molecule has 8 N–H and O–H groups in total. The van der Waals surface area contributed by atoms with Gasteiger partial charge >= 0.3 is 0 Å². The minimum Gasteiger partial charge on any atom is -0.486 e. The van der Waals surface area contributed by atoms with Gasteiger partial charge in [-0.15, -0.1) is 0 Å². The number of aliphatic hydroxyl groups is 6. The van der Waals surface area contributed by atoms with E-state index in [-0.39, 0.29) is 90.7 Å². The van der Waals surface area contributed by atoms with Crippen molar-refractivity contribution in [1.29, 1.82) is 0 Å². The first-order valence-electron chi connectivity index (χ1n) is 48.2. The number of ether oxygens (including phenoxy) is 14. The molecule has 12 unspecified atom stereocenters. The first kappa shape index (κ1) is 113. The summed E-state index contributed by atoms with van der Waals surface area (Å²) in [4.78, 5) is 16.8. The van der Waals surface area contributed by atoms with Crippen molar-refractivity contribution in [3.05, 3.63) is 200 Å². The molecule has 0 radical (unpaired) electrons. The maximum Gasteiger partial charge on any atom is 0.165 e. The molecule has 754 valence electrons. The van der Waals surface area contributed by atoms with Crippen molar-refractivity contribution >= 4 is 103 Å². The summed E-state index contributed by atoms with van der Waals surface area (Å²) in [5.41, 5.74) is 10.8. The number of likely N-dealkylation sites (tertiary alicyclic amines) is 2. The van der Waals surface area contributed by atoms with Crippen LogP contribution in [0.2, 0.25) is 35.2 Å². The van der Waals surface area contributed by atoms with Crippen LogP contribution in [0, 0.1) is 29.6 Å². The fourth-order valence-electron chi connectivity index (χ4n) is 16.2. The fraction of sp³-hybridized carbons (Fsp3) is 0.587. The van der Waals surface area contributed by atoms with Gasteiger partial charge < -0.3 is 112 Å². The lowest BCUT2D eigenvalue weighted by Crippen LogP contribution is -2.40. The summed E-state index contributed by atoms with van der Waals surface area (Å²) in [5.74, 6) is 5.10. The number of aliphatic hydroxyl groups excluding tert-OH is 6. The summed E-state index contributed by atoms with van der Waals surface area (Å²) in [6.45, 7) is 31.4. The Bertz CT molecular complexity index is 4400. The third kappa shape index (κ3) is 36.2. The third-order valence-corrected chi connectivity index (χ3v) is 28.0. The van der Waals surface area contributed by atoms with Crippen molar-refractivity contribution in [2.75, 3.05) is 138 Å². The molecule has 0 aromatic heterocycles. The first-order valence-corrected chi connectivity index (χ1v) is 51.6. The Morgan fingerprint density at radius 3 is 0.853 bits per heavy atom. The Hall–Kier alpha value is -5.32. The van der Waals surface area contributed by atoms with Gasteiger partial charge in [0.2, 0.25) is 0 Å². The van der Waals surface area contributed by atoms with Crippen LogP contribution in [-0.2, 0) is 33.2 Å². The quantitative estimate of drug-likeness (QED) is 0.0184. The van der Waals surface area contributed by atoms with Gasteiger partial charge in [0.25, 0.3) is 0 Å². The van der Waals surface area contributed by atoms with E-state index >= 15 is 0 Å². The zero-order valence-electron chi connectivity index (χ0n) is 79.6. The van der Waals surface area contributed by atoms with E-state index in [4.69, 9.17) is 158 Å². The van der Waals surface area contributed by atoms with Crippen molar-refractivity contribution < 1.29 is 102 Å². The number of Topliss-reactive ketones (excluding diaryl/α,β-unsaturated/α-hetero) is 1. The molecule has 9 aliphatic rings. The normalized spacial score (nSPS) is 22.7. The zero-order chi connectivity index (χ0) is 97.7. The molecule has 136 heavy (non-hydrogen) atoms. The highest BCUT2D eigenvalue weighted by molar-refractivity contribution is 9.10. The molecule has 24 nitrogen and oxygen atoms in total. The predicted molar refractivity (Wildman–Crippen MR) is 539 cm³/mol. The number of rotatable bonds is 34. The third-order valence-electron chi connectivity index (χ3n) is 25.5. The first-order chi connectivity index (χ1) is 65.5. The number of ketones is 1. The highest BCUT2D eigenvalue weighted by atomic mass is 79.9. The van der Waals surface area contributed by atoms with E-state index in [0.717, 1.165) is 169 Å². The van der Waals surface area contributed by atoms with Crippen molar-refractivity contribution in [3.63, 3.8) is 0 Å². The number of hydrogen-bond acceptors (Lipinski definition) is 24. The van der Waals surface area contributed by atoms with E-state index in [1.165, 1.54) is 25.7 Å². The molecule has 7 aromatic carbocycles. The summed E-state index contributed by atoms with van der Waals surface area (Å²) in [6, 6.07) is 37.8. The second-order valence-corrected chi connectivity index (χ2v) is 40.1. The van der Waals surface area contributed by atoms with Crippen LogP contribution in [0.15, 0.2) is 132 Å².